The van der Waals surface area contributed by atoms with Crippen molar-refractivity contribution in [2.45, 2.75) is 0 Å². The van der Waals surface area contributed by atoms with E-state index in [0.717, 1.165) is 16.7 Å². The number of fused-ring (bicyclic) bond motifs is 1. The molecule has 2 heterocycles. The number of halogens is 2. The van der Waals surface area contributed by atoms with Crippen molar-refractivity contribution in [3.05, 3.63) is 23.6 Å². The van der Waals surface area contributed by atoms with Crippen molar-refractivity contribution >= 4 is 34.9 Å². The molecule has 0 aliphatic heterocycles. The second kappa shape index (κ2) is 3.85. The Hall–Kier alpha value is -0.930. The van der Waals surface area contributed by atoms with Crippen molar-refractivity contribution in [3.63, 3.8) is 0 Å². The maximum atomic E-state index is 5.83. The fourth-order valence-corrected chi connectivity index (χ4v) is 1.36. The van der Waals surface area contributed by atoms with Gasteiger partial charge in [0.1, 0.15) is 5.75 Å². The van der Waals surface area contributed by atoms with Crippen LogP contribution in [0, 0.1) is 0 Å². The van der Waals surface area contributed by atoms with Crippen LogP contribution in [0.15, 0.2) is 18.5 Å². The lowest BCUT2D eigenvalue weighted by atomic mass is 10.3. The minimum Gasteiger partial charge on any atom is -0.494 e. The van der Waals surface area contributed by atoms with Crippen LogP contribution >= 0.6 is 24.0 Å². The van der Waals surface area contributed by atoms with Gasteiger partial charge in [-0.3, -0.25) is 0 Å². The van der Waals surface area contributed by atoms with Gasteiger partial charge in [-0.1, -0.05) is 11.6 Å². The molecule has 0 radical (unpaired) electrons. The van der Waals surface area contributed by atoms with Gasteiger partial charge >= 0.3 is 0 Å². The van der Waals surface area contributed by atoms with Crippen LogP contribution in [0.25, 0.3) is 10.9 Å². The summed E-state index contributed by atoms with van der Waals surface area (Å²) in [5, 5.41) is 1.42. The Balaban J connectivity index is 0.000000845. The van der Waals surface area contributed by atoms with Crippen molar-refractivity contribution in [2.24, 2.45) is 0 Å². The number of pyridine rings is 1. The molecular formula is C8H8Cl2N2O. The first-order valence-electron chi connectivity index (χ1n) is 3.48. The smallest absolute Gasteiger partial charge is 0.153 e. The van der Waals surface area contributed by atoms with Crippen LogP contribution < -0.4 is 4.74 Å². The minimum absolute atomic E-state index is 0. The number of nitrogens with zero attached hydrogens (tertiary/aromatic N) is 1. The number of methoxy groups -OCH3 is 1. The van der Waals surface area contributed by atoms with Crippen molar-refractivity contribution in [3.8, 4) is 5.75 Å². The molecule has 1 N–H and O–H groups in total. The van der Waals surface area contributed by atoms with E-state index < -0.39 is 0 Å². The fraction of sp³-hybridized carbons (Fsp3) is 0.125. The van der Waals surface area contributed by atoms with Gasteiger partial charge in [-0.15, -0.1) is 12.4 Å². The van der Waals surface area contributed by atoms with Crippen molar-refractivity contribution in [2.75, 3.05) is 7.11 Å². The van der Waals surface area contributed by atoms with Crippen molar-refractivity contribution in [1.29, 1.82) is 0 Å². The van der Waals surface area contributed by atoms with E-state index in [1.54, 1.807) is 19.5 Å². The Bertz CT molecular complexity index is 413. The normalized spacial score (nSPS) is 9.69. The van der Waals surface area contributed by atoms with Gasteiger partial charge in [0, 0.05) is 11.6 Å². The molecule has 13 heavy (non-hydrogen) atoms. The maximum Gasteiger partial charge on any atom is 0.153 e. The predicted molar refractivity (Wildman–Crippen MR) is 54.9 cm³/mol. The lowest BCUT2D eigenvalue weighted by Crippen LogP contribution is -1.85. The molecule has 2 rings (SSSR count). The van der Waals surface area contributed by atoms with Gasteiger partial charge in [0.05, 0.1) is 18.8 Å². The first-order chi connectivity index (χ1) is 5.83. The summed E-state index contributed by atoms with van der Waals surface area (Å²) in [5.74, 6) is 0.732. The number of nitrogens with one attached hydrogen (secondary N) is 1. The number of aromatic nitrogens is 2. The number of H-pyrrole nitrogens is 1. The zero-order chi connectivity index (χ0) is 8.55. The summed E-state index contributed by atoms with van der Waals surface area (Å²) >= 11 is 5.83. The molecule has 0 aliphatic carbocycles. The number of hydrogen-bond donors (Lipinski definition) is 1. The molecule has 5 heteroatoms. The predicted octanol–water partition coefficient (Wildman–Crippen LogP) is 2.65. The van der Waals surface area contributed by atoms with Crippen LogP contribution in [0.3, 0.4) is 0 Å². The fourth-order valence-electron chi connectivity index (χ4n) is 1.16. The van der Waals surface area contributed by atoms with E-state index in [0.29, 0.717) is 5.15 Å². The summed E-state index contributed by atoms with van der Waals surface area (Å²) in [6.45, 7) is 0. The van der Waals surface area contributed by atoms with E-state index in [4.69, 9.17) is 16.3 Å². The molecule has 2 aromatic rings. The van der Waals surface area contributed by atoms with E-state index in [1.807, 2.05) is 6.07 Å². The van der Waals surface area contributed by atoms with Gasteiger partial charge in [-0.2, -0.15) is 0 Å². The summed E-state index contributed by atoms with van der Waals surface area (Å²) in [4.78, 5) is 6.95. The third kappa shape index (κ3) is 1.57. The van der Waals surface area contributed by atoms with E-state index in [1.165, 1.54) is 0 Å². The molecule has 0 amide bonds. The molecule has 2 aromatic heterocycles. The summed E-state index contributed by atoms with van der Waals surface area (Å²) < 4.78 is 5.10. The van der Waals surface area contributed by atoms with E-state index in [2.05, 4.69) is 9.97 Å². The molecule has 0 unspecified atom stereocenters. The van der Waals surface area contributed by atoms with Crippen LogP contribution in [0.1, 0.15) is 0 Å². The Morgan fingerprint density at radius 1 is 1.54 bits per heavy atom. The number of hydrogen-bond acceptors (Lipinski definition) is 2. The number of rotatable bonds is 1. The molecule has 0 saturated heterocycles. The van der Waals surface area contributed by atoms with E-state index in [-0.39, 0.29) is 12.4 Å². The highest BCUT2D eigenvalue weighted by atomic mass is 35.5. The maximum absolute atomic E-state index is 5.83. The summed E-state index contributed by atoms with van der Waals surface area (Å²) in [5.41, 5.74) is 0.816. The Kier molecular flexibility index (Phi) is 3.01. The van der Waals surface area contributed by atoms with Crippen LogP contribution in [0.4, 0.5) is 0 Å². The second-order valence-corrected chi connectivity index (χ2v) is 2.74. The van der Waals surface area contributed by atoms with Crippen LogP contribution in [0.5, 0.6) is 5.75 Å². The minimum atomic E-state index is 0. The Morgan fingerprint density at radius 3 is 3.00 bits per heavy atom. The molecule has 0 atom stereocenters. The summed E-state index contributed by atoms with van der Waals surface area (Å²) in [6, 6.07) is 1.90. The number of ether oxygens (including phenoxy) is 1. The lowest BCUT2D eigenvalue weighted by molar-refractivity contribution is 0.418. The Labute approximate surface area is 86.5 Å². The highest BCUT2D eigenvalue weighted by molar-refractivity contribution is 6.34. The number of aromatic amines is 1. The van der Waals surface area contributed by atoms with Gasteiger partial charge in [0.2, 0.25) is 0 Å². The monoisotopic (exact) mass is 218 g/mol. The molecule has 0 aromatic carbocycles. The van der Waals surface area contributed by atoms with Gasteiger partial charge in [0.25, 0.3) is 0 Å². The van der Waals surface area contributed by atoms with Gasteiger partial charge < -0.3 is 9.72 Å². The van der Waals surface area contributed by atoms with Gasteiger partial charge in [-0.25, -0.2) is 4.98 Å². The average molecular weight is 219 g/mol. The molecule has 0 spiro atoms. The highest BCUT2D eigenvalue weighted by Gasteiger charge is 2.05. The topological polar surface area (TPSA) is 37.9 Å². The second-order valence-electron chi connectivity index (χ2n) is 2.38. The zero-order valence-electron chi connectivity index (χ0n) is 6.87. The molecule has 0 bridgehead atoms. The molecule has 0 fully saturated rings. The third-order valence-electron chi connectivity index (χ3n) is 1.73. The lowest BCUT2D eigenvalue weighted by Gasteiger charge is -2.00. The van der Waals surface area contributed by atoms with Crippen LogP contribution in [0.2, 0.25) is 5.15 Å². The van der Waals surface area contributed by atoms with Crippen molar-refractivity contribution < 1.29 is 4.74 Å². The highest BCUT2D eigenvalue weighted by Crippen LogP contribution is 2.27. The first kappa shape index (κ1) is 10.2. The SMILES string of the molecule is COc1cnc(Cl)c2[nH]ccc12.Cl. The standard InChI is InChI=1S/C8H7ClN2O.ClH/c1-12-6-4-11-8(9)7-5(6)2-3-10-7;/h2-4,10H,1H3;1H. The van der Waals surface area contributed by atoms with Gasteiger partial charge in [0.15, 0.2) is 5.15 Å². The summed E-state index contributed by atoms with van der Waals surface area (Å²) in [7, 11) is 1.61. The van der Waals surface area contributed by atoms with Gasteiger partial charge in [-0.05, 0) is 6.07 Å². The van der Waals surface area contributed by atoms with E-state index in [9.17, 15) is 0 Å². The van der Waals surface area contributed by atoms with Crippen LogP contribution in [-0.2, 0) is 0 Å². The van der Waals surface area contributed by atoms with Crippen molar-refractivity contribution in [1.82, 2.24) is 9.97 Å². The molecule has 3 nitrogen and oxygen atoms in total. The molecule has 70 valence electrons. The van der Waals surface area contributed by atoms with E-state index >= 15 is 0 Å². The Morgan fingerprint density at radius 2 is 2.31 bits per heavy atom. The average Bonchev–Trinajstić information content (AvgIpc) is 2.54. The molecule has 0 aliphatic rings. The van der Waals surface area contributed by atoms with Crippen LogP contribution in [-0.4, -0.2) is 17.1 Å². The quantitative estimate of drug-likeness (QED) is 0.748. The molecule has 0 saturated carbocycles. The third-order valence-corrected chi connectivity index (χ3v) is 2.02. The molecular weight excluding hydrogens is 211 g/mol. The summed E-state index contributed by atoms with van der Waals surface area (Å²) in [6.07, 6.45) is 3.42. The largest absolute Gasteiger partial charge is 0.494 e. The zero-order valence-corrected chi connectivity index (χ0v) is 8.45. The first-order valence-corrected chi connectivity index (χ1v) is 3.86.